The van der Waals surface area contributed by atoms with Crippen molar-refractivity contribution < 1.29 is 28.2 Å². The minimum Gasteiger partial charge on any atom is -0.493 e. The van der Waals surface area contributed by atoms with Crippen LogP contribution < -0.4 is 24.8 Å². The molecule has 0 saturated carbocycles. The second-order valence-electron chi connectivity index (χ2n) is 7.60. The molecule has 0 saturated heterocycles. The van der Waals surface area contributed by atoms with Crippen LogP contribution in [0.1, 0.15) is 28.6 Å². The first-order chi connectivity index (χ1) is 16.4. The summed E-state index contributed by atoms with van der Waals surface area (Å²) in [5.41, 5.74) is 1.45. The number of nitrogens with one attached hydrogen (secondary N) is 2. The Balaban J connectivity index is 1.71. The zero-order valence-electron chi connectivity index (χ0n) is 19.6. The van der Waals surface area contributed by atoms with Crippen molar-refractivity contribution in [3.8, 4) is 17.2 Å². The summed E-state index contributed by atoms with van der Waals surface area (Å²) in [5.74, 6) is 1.05. The van der Waals surface area contributed by atoms with Gasteiger partial charge in [-0.15, -0.1) is 0 Å². The lowest BCUT2D eigenvalue weighted by atomic mass is 10.1. The Morgan fingerprint density at radius 3 is 2.41 bits per heavy atom. The van der Waals surface area contributed by atoms with Crippen LogP contribution in [0, 0.1) is 6.92 Å². The van der Waals surface area contributed by atoms with Crippen molar-refractivity contribution in [1.82, 2.24) is 10.6 Å². The highest BCUT2D eigenvalue weighted by Crippen LogP contribution is 2.27. The molecular weight excluding hydrogens is 436 g/mol. The second kappa shape index (κ2) is 11.6. The Bertz CT molecular complexity index is 1140. The van der Waals surface area contributed by atoms with Gasteiger partial charge in [-0.25, -0.2) is 0 Å². The number of carbonyl (C=O) groups is 2. The van der Waals surface area contributed by atoms with Crippen LogP contribution in [0.25, 0.3) is 6.08 Å². The molecule has 3 aromatic rings. The molecule has 34 heavy (non-hydrogen) atoms. The molecule has 0 aliphatic rings. The summed E-state index contributed by atoms with van der Waals surface area (Å²) in [7, 11) is 2.99. The van der Waals surface area contributed by atoms with Crippen LogP contribution in [0.2, 0.25) is 0 Å². The number of methoxy groups -OCH3 is 2. The van der Waals surface area contributed by atoms with E-state index in [0.29, 0.717) is 28.6 Å². The van der Waals surface area contributed by atoms with Gasteiger partial charge in [0.15, 0.2) is 11.5 Å². The van der Waals surface area contributed by atoms with Crippen molar-refractivity contribution in [1.29, 1.82) is 0 Å². The van der Waals surface area contributed by atoms with E-state index in [0.717, 1.165) is 5.56 Å². The van der Waals surface area contributed by atoms with E-state index in [1.807, 2.05) is 38.1 Å². The van der Waals surface area contributed by atoms with Crippen LogP contribution in [0.4, 0.5) is 0 Å². The van der Waals surface area contributed by atoms with E-state index in [-0.39, 0.29) is 18.3 Å². The smallest absolute Gasteiger partial charge is 0.268 e. The van der Waals surface area contributed by atoms with Crippen molar-refractivity contribution in [2.75, 3.05) is 20.8 Å². The zero-order valence-corrected chi connectivity index (χ0v) is 19.6. The quantitative estimate of drug-likeness (QED) is 0.441. The molecule has 0 aliphatic carbocycles. The second-order valence-corrected chi connectivity index (χ2v) is 7.60. The zero-order chi connectivity index (χ0) is 24.5. The predicted molar refractivity (Wildman–Crippen MR) is 128 cm³/mol. The summed E-state index contributed by atoms with van der Waals surface area (Å²) >= 11 is 0. The number of ether oxygens (including phenoxy) is 3. The fourth-order valence-corrected chi connectivity index (χ4v) is 3.04. The molecule has 0 aliphatic heterocycles. The Morgan fingerprint density at radius 1 is 1.03 bits per heavy atom. The standard InChI is InChI=1S/C26H28N2O6/c1-17-7-10-20(11-8-17)34-16-18(2)27-26(30)22(15-21-6-5-13-33-21)28-25(29)19-9-12-23(31-3)24(14-19)32-4/h5-15,18H,16H2,1-4H3,(H,27,30)(H,28,29)/b22-15-/t18-/m0/s1. The van der Waals surface area contributed by atoms with Crippen LogP contribution >= 0.6 is 0 Å². The van der Waals surface area contributed by atoms with Gasteiger partial charge in [-0.3, -0.25) is 9.59 Å². The molecule has 0 radical (unpaired) electrons. The van der Waals surface area contributed by atoms with Gasteiger partial charge in [0.1, 0.15) is 23.8 Å². The average molecular weight is 465 g/mol. The van der Waals surface area contributed by atoms with Crippen molar-refractivity contribution >= 4 is 17.9 Å². The summed E-state index contributed by atoms with van der Waals surface area (Å²) < 4.78 is 21.5. The molecule has 0 bridgehead atoms. The first-order valence-electron chi connectivity index (χ1n) is 10.7. The number of carbonyl (C=O) groups excluding carboxylic acids is 2. The summed E-state index contributed by atoms with van der Waals surface area (Å²) in [6.07, 6.45) is 2.94. The first-order valence-corrected chi connectivity index (χ1v) is 10.7. The highest BCUT2D eigenvalue weighted by atomic mass is 16.5. The number of benzene rings is 2. The van der Waals surface area contributed by atoms with Gasteiger partial charge in [0.2, 0.25) is 0 Å². The maximum atomic E-state index is 13.0. The fraction of sp³-hybridized carbons (Fsp3) is 0.231. The van der Waals surface area contributed by atoms with Crippen molar-refractivity contribution in [2.45, 2.75) is 19.9 Å². The molecular formula is C26H28N2O6. The van der Waals surface area contributed by atoms with E-state index in [1.165, 1.54) is 32.6 Å². The van der Waals surface area contributed by atoms with Crippen LogP contribution in [-0.4, -0.2) is 38.7 Å². The van der Waals surface area contributed by atoms with Crippen molar-refractivity contribution in [2.24, 2.45) is 0 Å². The molecule has 1 aromatic heterocycles. The molecule has 3 rings (SSSR count). The van der Waals surface area contributed by atoms with Gasteiger partial charge in [0, 0.05) is 11.6 Å². The third-order valence-electron chi connectivity index (χ3n) is 4.87. The molecule has 0 spiro atoms. The van der Waals surface area contributed by atoms with Gasteiger partial charge < -0.3 is 29.3 Å². The molecule has 2 amide bonds. The lowest BCUT2D eigenvalue weighted by Gasteiger charge is -2.17. The number of hydrogen-bond donors (Lipinski definition) is 2. The average Bonchev–Trinajstić information content (AvgIpc) is 3.36. The number of furan rings is 1. The molecule has 1 heterocycles. The van der Waals surface area contributed by atoms with E-state index < -0.39 is 11.8 Å². The van der Waals surface area contributed by atoms with Gasteiger partial charge in [-0.2, -0.15) is 0 Å². The largest absolute Gasteiger partial charge is 0.493 e. The summed E-state index contributed by atoms with van der Waals surface area (Å²) in [6.45, 7) is 4.06. The van der Waals surface area contributed by atoms with Gasteiger partial charge in [0.05, 0.1) is 26.5 Å². The van der Waals surface area contributed by atoms with E-state index in [2.05, 4.69) is 10.6 Å². The van der Waals surface area contributed by atoms with Crippen LogP contribution in [-0.2, 0) is 4.79 Å². The molecule has 1 atom stereocenters. The van der Waals surface area contributed by atoms with Crippen molar-refractivity contribution in [3.63, 3.8) is 0 Å². The van der Waals surface area contributed by atoms with E-state index >= 15 is 0 Å². The fourth-order valence-electron chi connectivity index (χ4n) is 3.04. The maximum Gasteiger partial charge on any atom is 0.268 e. The molecule has 2 N–H and O–H groups in total. The Hall–Kier alpha value is -4.20. The van der Waals surface area contributed by atoms with Crippen LogP contribution in [0.5, 0.6) is 17.2 Å². The van der Waals surface area contributed by atoms with E-state index in [9.17, 15) is 9.59 Å². The monoisotopic (exact) mass is 464 g/mol. The Labute approximate surface area is 198 Å². The third kappa shape index (κ3) is 6.65. The molecule has 0 fully saturated rings. The summed E-state index contributed by atoms with van der Waals surface area (Å²) in [5, 5.41) is 5.50. The molecule has 0 unspecified atom stereocenters. The molecule has 8 heteroatoms. The van der Waals surface area contributed by atoms with Crippen LogP contribution in [0.3, 0.4) is 0 Å². The maximum absolute atomic E-state index is 13.0. The number of aryl methyl sites for hydroxylation is 1. The summed E-state index contributed by atoms with van der Waals surface area (Å²) in [6, 6.07) is 15.4. The normalized spacial score (nSPS) is 11.9. The number of hydrogen-bond acceptors (Lipinski definition) is 6. The minimum absolute atomic E-state index is 0.0249. The van der Waals surface area contributed by atoms with Gasteiger partial charge in [0.25, 0.3) is 11.8 Å². The third-order valence-corrected chi connectivity index (χ3v) is 4.87. The van der Waals surface area contributed by atoms with Gasteiger partial charge in [-0.1, -0.05) is 17.7 Å². The minimum atomic E-state index is -0.488. The molecule has 8 nitrogen and oxygen atoms in total. The highest BCUT2D eigenvalue weighted by Gasteiger charge is 2.19. The predicted octanol–water partition coefficient (Wildman–Crippen LogP) is 3.96. The summed E-state index contributed by atoms with van der Waals surface area (Å²) in [4.78, 5) is 25.9. The number of rotatable bonds is 10. The van der Waals surface area contributed by atoms with Gasteiger partial charge in [-0.05, 0) is 56.3 Å². The first kappa shape index (κ1) is 24.4. The van der Waals surface area contributed by atoms with E-state index in [1.54, 1.807) is 24.3 Å². The highest BCUT2D eigenvalue weighted by molar-refractivity contribution is 6.05. The molecule has 2 aromatic carbocycles. The lowest BCUT2D eigenvalue weighted by Crippen LogP contribution is -2.41. The van der Waals surface area contributed by atoms with Crippen LogP contribution in [0.15, 0.2) is 71.0 Å². The Kier molecular flexibility index (Phi) is 8.34. The molecule has 178 valence electrons. The Morgan fingerprint density at radius 2 is 1.76 bits per heavy atom. The lowest BCUT2D eigenvalue weighted by molar-refractivity contribution is -0.118. The number of amides is 2. The van der Waals surface area contributed by atoms with E-state index in [4.69, 9.17) is 18.6 Å². The van der Waals surface area contributed by atoms with Gasteiger partial charge >= 0.3 is 0 Å². The topological polar surface area (TPSA) is 99.0 Å². The van der Waals surface area contributed by atoms with Crippen molar-refractivity contribution in [3.05, 3.63) is 83.4 Å². The SMILES string of the molecule is COc1ccc(C(=O)N/C(=C\c2ccco2)C(=O)N[C@@H](C)COc2ccc(C)cc2)cc1OC.